The summed E-state index contributed by atoms with van der Waals surface area (Å²) >= 11 is 0. The lowest BCUT2D eigenvalue weighted by molar-refractivity contribution is -0.144. The monoisotopic (exact) mass is 379 g/mol. The molecular formula is C22H37NO4. The van der Waals surface area contributed by atoms with E-state index in [0.717, 1.165) is 45.1 Å². The first-order chi connectivity index (χ1) is 12.9. The van der Waals surface area contributed by atoms with Crippen LogP contribution in [0, 0.1) is 5.92 Å². The zero-order valence-electron chi connectivity index (χ0n) is 17.3. The molecule has 5 nitrogen and oxygen atoms in total. The molecule has 1 heterocycles. The van der Waals surface area contributed by atoms with Gasteiger partial charge in [-0.3, -0.25) is 4.79 Å². The third kappa shape index (κ3) is 5.33. The molecule has 1 N–H and O–H groups in total. The van der Waals surface area contributed by atoms with E-state index in [4.69, 9.17) is 9.47 Å². The van der Waals surface area contributed by atoms with Gasteiger partial charge >= 0.3 is 0 Å². The quantitative estimate of drug-likeness (QED) is 0.718. The van der Waals surface area contributed by atoms with E-state index in [1.807, 2.05) is 0 Å². The van der Waals surface area contributed by atoms with E-state index < -0.39 is 5.60 Å². The number of amides is 1. The van der Waals surface area contributed by atoms with Gasteiger partial charge in [-0.15, -0.1) is 0 Å². The molecule has 2 atom stereocenters. The first kappa shape index (κ1) is 20.8. The van der Waals surface area contributed by atoms with Gasteiger partial charge in [0.25, 0.3) is 0 Å². The Morgan fingerprint density at radius 1 is 1.33 bits per heavy atom. The van der Waals surface area contributed by atoms with Crippen molar-refractivity contribution in [3.8, 4) is 0 Å². The van der Waals surface area contributed by atoms with Crippen LogP contribution in [0.1, 0.15) is 72.1 Å². The SMILES string of the molecule is CC1=CC[C@H](C(=O)N(C(C)C)C2CCC(O)(CO[C@H]3CCOC3)CC2)CC1. The number of nitrogens with zero attached hydrogens (tertiary/aromatic N) is 1. The molecule has 1 saturated heterocycles. The minimum atomic E-state index is -0.754. The van der Waals surface area contributed by atoms with Gasteiger partial charge in [0.2, 0.25) is 5.91 Å². The van der Waals surface area contributed by atoms with Crippen LogP contribution in [-0.2, 0) is 14.3 Å². The van der Waals surface area contributed by atoms with E-state index in [1.165, 1.54) is 5.57 Å². The zero-order valence-corrected chi connectivity index (χ0v) is 17.3. The van der Waals surface area contributed by atoms with Crippen molar-refractivity contribution in [3.05, 3.63) is 11.6 Å². The van der Waals surface area contributed by atoms with Crippen molar-refractivity contribution in [3.63, 3.8) is 0 Å². The Morgan fingerprint density at radius 2 is 2.07 bits per heavy atom. The predicted molar refractivity (Wildman–Crippen MR) is 105 cm³/mol. The van der Waals surface area contributed by atoms with Crippen LogP contribution in [0.4, 0.5) is 0 Å². The maximum atomic E-state index is 13.2. The molecule has 5 heteroatoms. The number of hydrogen-bond donors (Lipinski definition) is 1. The van der Waals surface area contributed by atoms with Crippen LogP contribution in [0.3, 0.4) is 0 Å². The largest absolute Gasteiger partial charge is 0.387 e. The summed E-state index contributed by atoms with van der Waals surface area (Å²) < 4.78 is 11.2. The topological polar surface area (TPSA) is 59.0 Å². The van der Waals surface area contributed by atoms with Gasteiger partial charge in [-0.2, -0.15) is 0 Å². The normalized spacial score (nSPS) is 34.6. The third-order valence-electron chi connectivity index (χ3n) is 6.55. The zero-order chi connectivity index (χ0) is 19.4. The minimum Gasteiger partial charge on any atom is -0.387 e. The van der Waals surface area contributed by atoms with Gasteiger partial charge in [-0.05, 0) is 72.1 Å². The van der Waals surface area contributed by atoms with Gasteiger partial charge in [0.1, 0.15) is 0 Å². The molecule has 3 aliphatic rings. The lowest BCUT2D eigenvalue weighted by Crippen LogP contribution is -2.52. The lowest BCUT2D eigenvalue weighted by atomic mass is 9.80. The minimum absolute atomic E-state index is 0.127. The number of hydrogen-bond acceptors (Lipinski definition) is 4. The van der Waals surface area contributed by atoms with Crippen molar-refractivity contribution in [2.45, 2.75) is 95.9 Å². The number of ether oxygens (including phenoxy) is 2. The molecule has 2 fully saturated rings. The highest BCUT2D eigenvalue weighted by atomic mass is 16.5. The van der Waals surface area contributed by atoms with Crippen LogP contribution >= 0.6 is 0 Å². The highest BCUT2D eigenvalue weighted by Crippen LogP contribution is 2.35. The van der Waals surface area contributed by atoms with Gasteiger partial charge in [0.15, 0.2) is 0 Å². The summed E-state index contributed by atoms with van der Waals surface area (Å²) in [6.07, 6.45) is 9.27. The average Bonchev–Trinajstić information content (AvgIpc) is 3.16. The molecule has 0 aromatic heterocycles. The maximum Gasteiger partial charge on any atom is 0.226 e. The molecule has 0 spiro atoms. The number of carbonyl (C=O) groups is 1. The second-order valence-corrected chi connectivity index (χ2v) is 9.11. The highest BCUT2D eigenvalue weighted by molar-refractivity contribution is 5.80. The molecule has 0 aromatic rings. The fourth-order valence-corrected chi connectivity index (χ4v) is 4.74. The Kier molecular flexibility index (Phi) is 6.98. The highest BCUT2D eigenvalue weighted by Gasteiger charge is 2.39. The van der Waals surface area contributed by atoms with Crippen LogP contribution in [0.2, 0.25) is 0 Å². The summed E-state index contributed by atoms with van der Waals surface area (Å²) in [6.45, 7) is 8.17. The molecular weight excluding hydrogens is 342 g/mol. The summed E-state index contributed by atoms with van der Waals surface area (Å²) in [6, 6.07) is 0.437. The molecule has 2 aliphatic carbocycles. The van der Waals surface area contributed by atoms with E-state index in [2.05, 4.69) is 31.7 Å². The van der Waals surface area contributed by atoms with Crippen molar-refractivity contribution in [2.24, 2.45) is 5.92 Å². The molecule has 3 rings (SSSR count). The summed E-state index contributed by atoms with van der Waals surface area (Å²) in [5.41, 5.74) is 0.653. The average molecular weight is 380 g/mol. The molecule has 1 saturated carbocycles. The maximum absolute atomic E-state index is 13.2. The van der Waals surface area contributed by atoms with Crippen LogP contribution in [0.15, 0.2) is 11.6 Å². The van der Waals surface area contributed by atoms with E-state index in [9.17, 15) is 9.90 Å². The smallest absolute Gasteiger partial charge is 0.226 e. The summed E-state index contributed by atoms with van der Waals surface area (Å²) in [5.74, 6) is 0.436. The van der Waals surface area contributed by atoms with Gasteiger partial charge < -0.3 is 19.5 Å². The van der Waals surface area contributed by atoms with Crippen molar-refractivity contribution >= 4 is 5.91 Å². The van der Waals surface area contributed by atoms with Gasteiger partial charge in [-0.1, -0.05) is 11.6 Å². The molecule has 27 heavy (non-hydrogen) atoms. The van der Waals surface area contributed by atoms with Crippen LogP contribution < -0.4 is 0 Å². The van der Waals surface area contributed by atoms with Crippen molar-refractivity contribution in [1.29, 1.82) is 0 Å². The summed E-state index contributed by atoms with van der Waals surface area (Å²) in [4.78, 5) is 15.3. The second kappa shape index (κ2) is 9.06. The van der Waals surface area contributed by atoms with Crippen LogP contribution in [-0.4, -0.2) is 59.5 Å². The Hall–Kier alpha value is -0.910. The second-order valence-electron chi connectivity index (χ2n) is 9.11. The number of rotatable bonds is 6. The molecule has 0 bridgehead atoms. The van der Waals surface area contributed by atoms with Gasteiger partial charge in [-0.25, -0.2) is 0 Å². The van der Waals surface area contributed by atoms with E-state index in [1.54, 1.807) is 0 Å². The fraction of sp³-hybridized carbons (Fsp3) is 0.864. The Balaban J connectivity index is 1.54. The van der Waals surface area contributed by atoms with Crippen LogP contribution in [0.25, 0.3) is 0 Å². The molecule has 1 amide bonds. The molecule has 0 aromatic carbocycles. The lowest BCUT2D eigenvalue weighted by Gasteiger charge is -2.44. The standard InChI is InChI=1S/C22H37NO4/c1-16(2)23(21(24)18-6-4-17(3)5-7-18)19-8-11-22(25,12-9-19)15-27-20-10-13-26-14-20/h4,16,18-20,25H,5-15H2,1-3H3/t18-,19?,20-,22?/m0/s1. The first-order valence-electron chi connectivity index (χ1n) is 10.8. The third-order valence-corrected chi connectivity index (χ3v) is 6.55. The molecule has 0 unspecified atom stereocenters. The first-order valence-corrected chi connectivity index (χ1v) is 10.8. The van der Waals surface area contributed by atoms with Gasteiger partial charge in [0, 0.05) is 24.6 Å². The Bertz CT molecular complexity index is 530. The Morgan fingerprint density at radius 3 is 2.63 bits per heavy atom. The predicted octanol–water partition coefficient (Wildman–Crippen LogP) is 3.45. The number of aliphatic hydroxyl groups is 1. The van der Waals surface area contributed by atoms with Gasteiger partial charge in [0.05, 0.1) is 24.9 Å². The molecule has 1 aliphatic heterocycles. The Labute approximate surface area is 164 Å². The molecule has 0 radical (unpaired) electrons. The van der Waals surface area contributed by atoms with Crippen molar-refractivity contribution in [2.75, 3.05) is 19.8 Å². The van der Waals surface area contributed by atoms with E-state index in [0.29, 0.717) is 32.0 Å². The number of allylic oxidation sites excluding steroid dienone is 2. The van der Waals surface area contributed by atoms with Crippen LogP contribution in [0.5, 0.6) is 0 Å². The van der Waals surface area contributed by atoms with E-state index in [-0.39, 0.29) is 24.1 Å². The molecule has 154 valence electrons. The van der Waals surface area contributed by atoms with E-state index >= 15 is 0 Å². The summed E-state index contributed by atoms with van der Waals surface area (Å²) in [5, 5.41) is 10.9. The van der Waals surface area contributed by atoms with Crippen molar-refractivity contribution in [1.82, 2.24) is 4.90 Å². The fourth-order valence-electron chi connectivity index (χ4n) is 4.74. The summed E-state index contributed by atoms with van der Waals surface area (Å²) in [7, 11) is 0. The number of carbonyl (C=O) groups excluding carboxylic acids is 1. The van der Waals surface area contributed by atoms with Crippen molar-refractivity contribution < 1.29 is 19.4 Å².